The standard InChI is InChI=1S/C15H16BrNOS/c1-18-12-3-6-13(7-4-12)19-14-5-2-11(8-9-17)15(16)10-14/h2-7,10H,8-9,17H2,1H3. The smallest absolute Gasteiger partial charge is 0.118 e. The van der Waals surface area contributed by atoms with Crippen LogP contribution in [0.25, 0.3) is 0 Å². The Morgan fingerprint density at radius 1 is 1.11 bits per heavy atom. The first-order chi connectivity index (χ1) is 9.22. The van der Waals surface area contributed by atoms with Crippen molar-refractivity contribution in [2.75, 3.05) is 13.7 Å². The number of benzene rings is 2. The molecule has 0 heterocycles. The van der Waals surface area contributed by atoms with Crippen molar-refractivity contribution in [3.05, 3.63) is 52.5 Å². The van der Waals surface area contributed by atoms with Crippen LogP contribution < -0.4 is 10.5 Å². The van der Waals surface area contributed by atoms with Crippen LogP contribution >= 0.6 is 27.7 Å². The molecule has 0 aliphatic rings. The van der Waals surface area contributed by atoms with Gasteiger partial charge in [0.25, 0.3) is 0 Å². The molecule has 2 rings (SSSR count). The fourth-order valence-electron chi connectivity index (χ4n) is 1.73. The van der Waals surface area contributed by atoms with Crippen LogP contribution in [0.5, 0.6) is 5.75 Å². The molecule has 0 bridgehead atoms. The normalized spacial score (nSPS) is 10.5. The zero-order chi connectivity index (χ0) is 13.7. The Morgan fingerprint density at radius 2 is 1.79 bits per heavy atom. The van der Waals surface area contributed by atoms with Gasteiger partial charge in [-0.25, -0.2) is 0 Å². The summed E-state index contributed by atoms with van der Waals surface area (Å²) >= 11 is 5.33. The van der Waals surface area contributed by atoms with Crippen LogP contribution in [-0.2, 0) is 6.42 Å². The minimum absolute atomic E-state index is 0.670. The van der Waals surface area contributed by atoms with Crippen LogP contribution in [0.3, 0.4) is 0 Å². The predicted molar refractivity (Wildman–Crippen MR) is 84.0 cm³/mol. The third-order valence-corrected chi connectivity index (χ3v) is 4.47. The number of rotatable bonds is 5. The third-order valence-electron chi connectivity index (χ3n) is 2.73. The Balaban J connectivity index is 2.11. The van der Waals surface area contributed by atoms with E-state index in [1.165, 1.54) is 15.4 Å². The maximum Gasteiger partial charge on any atom is 0.118 e. The second-order valence-corrected chi connectivity index (χ2v) is 6.07. The zero-order valence-electron chi connectivity index (χ0n) is 10.7. The molecule has 2 aromatic rings. The maximum atomic E-state index is 5.58. The number of hydrogen-bond donors (Lipinski definition) is 1. The molecule has 2 aromatic carbocycles. The molecule has 0 spiro atoms. The van der Waals surface area contributed by atoms with Gasteiger partial charge >= 0.3 is 0 Å². The summed E-state index contributed by atoms with van der Waals surface area (Å²) in [7, 11) is 1.68. The van der Waals surface area contributed by atoms with Gasteiger partial charge in [0, 0.05) is 14.3 Å². The van der Waals surface area contributed by atoms with E-state index in [-0.39, 0.29) is 0 Å². The number of nitrogens with two attached hydrogens (primary N) is 1. The quantitative estimate of drug-likeness (QED) is 0.891. The van der Waals surface area contributed by atoms with Crippen molar-refractivity contribution in [3.63, 3.8) is 0 Å². The Hall–Kier alpha value is -0.970. The second kappa shape index (κ2) is 6.98. The van der Waals surface area contributed by atoms with E-state index >= 15 is 0 Å². The highest BCUT2D eigenvalue weighted by Crippen LogP contribution is 2.32. The predicted octanol–water partition coefficient (Wildman–Crippen LogP) is 4.11. The van der Waals surface area contributed by atoms with E-state index in [1.807, 2.05) is 12.1 Å². The fraction of sp³-hybridized carbons (Fsp3) is 0.200. The van der Waals surface area contributed by atoms with E-state index in [4.69, 9.17) is 10.5 Å². The summed E-state index contributed by atoms with van der Waals surface area (Å²) in [6.45, 7) is 0.670. The Morgan fingerprint density at radius 3 is 2.37 bits per heavy atom. The first-order valence-corrected chi connectivity index (χ1v) is 7.64. The van der Waals surface area contributed by atoms with Crippen LogP contribution in [0.2, 0.25) is 0 Å². The van der Waals surface area contributed by atoms with E-state index < -0.39 is 0 Å². The van der Waals surface area contributed by atoms with E-state index in [0.717, 1.165) is 16.6 Å². The van der Waals surface area contributed by atoms with E-state index in [1.54, 1.807) is 18.9 Å². The lowest BCUT2D eigenvalue weighted by molar-refractivity contribution is 0.414. The lowest BCUT2D eigenvalue weighted by Crippen LogP contribution is -2.03. The zero-order valence-corrected chi connectivity index (χ0v) is 13.1. The number of halogens is 1. The molecule has 100 valence electrons. The van der Waals surface area contributed by atoms with Crippen molar-refractivity contribution in [2.24, 2.45) is 5.73 Å². The third kappa shape index (κ3) is 4.00. The Bertz CT molecular complexity index is 542. The summed E-state index contributed by atoms with van der Waals surface area (Å²) in [4.78, 5) is 2.40. The molecule has 19 heavy (non-hydrogen) atoms. The summed E-state index contributed by atoms with van der Waals surface area (Å²) in [5, 5.41) is 0. The van der Waals surface area contributed by atoms with Gasteiger partial charge in [-0.2, -0.15) is 0 Å². The Kier molecular flexibility index (Phi) is 5.31. The molecule has 0 radical (unpaired) electrons. The average molecular weight is 338 g/mol. The molecule has 0 fully saturated rings. The number of ether oxygens (including phenoxy) is 1. The molecular weight excluding hydrogens is 322 g/mol. The lowest BCUT2D eigenvalue weighted by Gasteiger charge is -2.07. The summed E-state index contributed by atoms with van der Waals surface area (Å²) in [6.07, 6.45) is 0.897. The van der Waals surface area contributed by atoms with Crippen LogP contribution in [0, 0.1) is 0 Å². The fourth-order valence-corrected chi connectivity index (χ4v) is 3.32. The minimum atomic E-state index is 0.670. The highest BCUT2D eigenvalue weighted by molar-refractivity contribution is 9.10. The van der Waals surface area contributed by atoms with Gasteiger partial charge in [-0.05, 0) is 54.9 Å². The number of methoxy groups -OCH3 is 1. The molecule has 0 atom stereocenters. The maximum absolute atomic E-state index is 5.58. The minimum Gasteiger partial charge on any atom is -0.497 e. The van der Waals surface area contributed by atoms with Gasteiger partial charge in [0.1, 0.15) is 5.75 Å². The van der Waals surface area contributed by atoms with Crippen molar-refractivity contribution < 1.29 is 4.74 Å². The molecule has 2 N–H and O–H groups in total. The van der Waals surface area contributed by atoms with Crippen molar-refractivity contribution in [2.45, 2.75) is 16.2 Å². The van der Waals surface area contributed by atoms with Gasteiger partial charge in [0.2, 0.25) is 0 Å². The largest absolute Gasteiger partial charge is 0.497 e. The molecule has 2 nitrogen and oxygen atoms in total. The number of hydrogen-bond acceptors (Lipinski definition) is 3. The molecule has 0 aromatic heterocycles. The lowest BCUT2D eigenvalue weighted by atomic mass is 10.1. The van der Waals surface area contributed by atoms with E-state index in [2.05, 4.69) is 46.3 Å². The van der Waals surface area contributed by atoms with Crippen molar-refractivity contribution in [1.82, 2.24) is 0 Å². The topological polar surface area (TPSA) is 35.2 Å². The highest BCUT2D eigenvalue weighted by atomic mass is 79.9. The molecule has 0 aliphatic heterocycles. The molecule has 4 heteroatoms. The summed E-state index contributed by atoms with van der Waals surface area (Å²) in [6, 6.07) is 14.5. The monoisotopic (exact) mass is 337 g/mol. The summed E-state index contributed by atoms with van der Waals surface area (Å²) in [5.74, 6) is 0.879. The van der Waals surface area contributed by atoms with Gasteiger partial charge < -0.3 is 10.5 Å². The SMILES string of the molecule is COc1ccc(Sc2ccc(CCN)c(Br)c2)cc1. The molecule has 0 saturated heterocycles. The van der Waals surface area contributed by atoms with Gasteiger partial charge in [-0.3, -0.25) is 0 Å². The van der Waals surface area contributed by atoms with Crippen LogP contribution in [-0.4, -0.2) is 13.7 Å². The van der Waals surface area contributed by atoms with Crippen molar-refractivity contribution in [1.29, 1.82) is 0 Å². The van der Waals surface area contributed by atoms with Gasteiger partial charge in [-0.15, -0.1) is 0 Å². The van der Waals surface area contributed by atoms with E-state index in [9.17, 15) is 0 Å². The molecule has 0 unspecified atom stereocenters. The summed E-state index contributed by atoms with van der Waals surface area (Å²) in [5.41, 5.74) is 6.83. The van der Waals surface area contributed by atoms with Gasteiger partial charge in [0.05, 0.1) is 7.11 Å². The second-order valence-electron chi connectivity index (χ2n) is 4.07. The first-order valence-electron chi connectivity index (χ1n) is 6.03. The van der Waals surface area contributed by atoms with Gasteiger partial charge in [0.15, 0.2) is 0 Å². The first kappa shape index (κ1) is 14.4. The van der Waals surface area contributed by atoms with Crippen LogP contribution in [0.1, 0.15) is 5.56 Å². The Labute approximate surface area is 126 Å². The van der Waals surface area contributed by atoms with Crippen LogP contribution in [0.15, 0.2) is 56.7 Å². The molecule has 0 saturated carbocycles. The average Bonchev–Trinajstić information content (AvgIpc) is 2.43. The molecular formula is C15H16BrNOS. The molecule has 0 aliphatic carbocycles. The van der Waals surface area contributed by atoms with Gasteiger partial charge in [-0.1, -0.05) is 33.8 Å². The highest BCUT2D eigenvalue weighted by Gasteiger charge is 2.03. The van der Waals surface area contributed by atoms with Crippen LogP contribution in [0.4, 0.5) is 0 Å². The summed E-state index contributed by atoms with van der Waals surface area (Å²) < 4.78 is 6.27. The van der Waals surface area contributed by atoms with Crippen molar-refractivity contribution in [3.8, 4) is 5.75 Å². The molecule has 0 amide bonds. The van der Waals surface area contributed by atoms with Crippen molar-refractivity contribution >= 4 is 27.7 Å². The van der Waals surface area contributed by atoms with E-state index in [0.29, 0.717) is 6.54 Å².